The van der Waals surface area contributed by atoms with E-state index in [1.165, 1.54) is 0 Å². The molecular weight excluding hydrogens is 395 g/mol. The average Bonchev–Trinajstić information content (AvgIpc) is 2.66. The molecule has 0 unspecified atom stereocenters. The van der Waals surface area contributed by atoms with Crippen LogP contribution in [-0.4, -0.2) is 17.5 Å². The molecule has 2 amide bonds. The first kappa shape index (κ1) is 21.4. The predicted octanol–water partition coefficient (Wildman–Crippen LogP) is 4.62. The van der Waals surface area contributed by atoms with Gasteiger partial charge in [-0.2, -0.15) is 18.3 Å². The van der Waals surface area contributed by atoms with E-state index in [1.54, 1.807) is 6.92 Å². The van der Waals surface area contributed by atoms with Crippen molar-refractivity contribution < 1.29 is 22.8 Å². The fraction of sp³-hybridized carbons (Fsp3) is 0.211. The normalized spacial score (nSPS) is 11.8. The molecule has 2 N–H and O–H groups in total. The van der Waals surface area contributed by atoms with Gasteiger partial charge in [0.15, 0.2) is 0 Å². The molecule has 148 valence electrons. The molecule has 0 saturated heterocycles. The first-order chi connectivity index (χ1) is 13.2. The molecule has 0 fully saturated rings. The molecule has 2 rings (SSSR count). The van der Waals surface area contributed by atoms with Gasteiger partial charge in [0.2, 0.25) is 11.8 Å². The zero-order valence-corrected chi connectivity index (χ0v) is 15.6. The van der Waals surface area contributed by atoms with E-state index in [9.17, 15) is 22.8 Å². The predicted molar refractivity (Wildman–Crippen MR) is 101 cm³/mol. The molecule has 0 saturated carbocycles. The Morgan fingerprint density at radius 2 is 1.68 bits per heavy atom. The molecule has 0 heterocycles. The number of alkyl halides is 3. The fourth-order valence-electron chi connectivity index (χ4n) is 2.18. The van der Waals surface area contributed by atoms with Crippen LogP contribution >= 0.6 is 11.6 Å². The quantitative estimate of drug-likeness (QED) is 0.538. The zero-order valence-electron chi connectivity index (χ0n) is 14.8. The molecule has 0 aromatic heterocycles. The van der Waals surface area contributed by atoms with Gasteiger partial charge in [0.05, 0.1) is 22.0 Å². The summed E-state index contributed by atoms with van der Waals surface area (Å²) in [6.07, 6.45) is -4.98. The van der Waals surface area contributed by atoms with E-state index in [1.807, 2.05) is 30.3 Å². The van der Waals surface area contributed by atoms with Crippen molar-refractivity contribution in [3.8, 4) is 0 Å². The van der Waals surface area contributed by atoms with E-state index in [-0.39, 0.29) is 23.6 Å². The molecule has 5 nitrogen and oxygen atoms in total. The SMILES string of the molecule is CC(=NNC(=O)CCC(=O)Nc1cc(C(F)(F)F)ccc1Cl)c1ccccc1. The van der Waals surface area contributed by atoms with E-state index >= 15 is 0 Å². The number of carbonyl (C=O) groups excluding carboxylic acids is 2. The Labute approximate surface area is 164 Å². The Morgan fingerprint density at radius 1 is 1.04 bits per heavy atom. The Morgan fingerprint density at radius 3 is 2.32 bits per heavy atom. The van der Waals surface area contributed by atoms with Crippen LogP contribution in [0, 0.1) is 0 Å². The summed E-state index contributed by atoms with van der Waals surface area (Å²) < 4.78 is 38.2. The molecule has 2 aromatic carbocycles. The number of rotatable bonds is 6. The number of benzene rings is 2. The molecule has 0 aliphatic rings. The highest BCUT2D eigenvalue weighted by atomic mass is 35.5. The van der Waals surface area contributed by atoms with Crippen LogP contribution in [0.4, 0.5) is 18.9 Å². The minimum absolute atomic E-state index is 0.0334. The highest BCUT2D eigenvalue weighted by molar-refractivity contribution is 6.33. The highest BCUT2D eigenvalue weighted by Crippen LogP contribution is 2.33. The second-order valence-corrected chi connectivity index (χ2v) is 6.25. The average molecular weight is 412 g/mol. The number of hydrogen-bond acceptors (Lipinski definition) is 3. The van der Waals surface area contributed by atoms with Gasteiger partial charge in [-0.15, -0.1) is 0 Å². The van der Waals surface area contributed by atoms with Gasteiger partial charge >= 0.3 is 6.18 Å². The standard InChI is InChI=1S/C19H17ClF3N3O2/c1-12(13-5-3-2-4-6-13)25-26-18(28)10-9-17(27)24-16-11-14(19(21,22)23)7-8-15(16)20/h2-8,11H,9-10H2,1H3,(H,24,27)(H,26,28). The van der Waals surface area contributed by atoms with Gasteiger partial charge in [0.25, 0.3) is 0 Å². The van der Waals surface area contributed by atoms with E-state index < -0.39 is 23.6 Å². The Bertz CT molecular complexity index is 884. The third kappa shape index (κ3) is 6.38. The maximum atomic E-state index is 12.7. The maximum Gasteiger partial charge on any atom is 0.416 e. The third-order valence-electron chi connectivity index (χ3n) is 3.69. The third-order valence-corrected chi connectivity index (χ3v) is 4.02. The summed E-state index contributed by atoms with van der Waals surface area (Å²) in [5, 5.41) is 6.20. The topological polar surface area (TPSA) is 70.6 Å². The summed E-state index contributed by atoms with van der Waals surface area (Å²) in [5.41, 5.74) is 2.66. The van der Waals surface area contributed by atoms with Crippen LogP contribution in [0.5, 0.6) is 0 Å². The number of hydrogen-bond donors (Lipinski definition) is 2. The van der Waals surface area contributed by atoms with Crippen LogP contribution in [0.15, 0.2) is 53.6 Å². The largest absolute Gasteiger partial charge is 0.416 e. The number of halogens is 4. The number of carbonyl (C=O) groups is 2. The number of amides is 2. The lowest BCUT2D eigenvalue weighted by atomic mass is 10.1. The van der Waals surface area contributed by atoms with Crippen molar-refractivity contribution in [1.29, 1.82) is 0 Å². The van der Waals surface area contributed by atoms with Gasteiger partial charge in [-0.25, -0.2) is 5.43 Å². The molecule has 9 heteroatoms. The first-order valence-electron chi connectivity index (χ1n) is 8.22. The number of hydrazone groups is 1. The van der Waals surface area contributed by atoms with Crippen molar-refractivity contribution in [2.24, 2.45) is 5.10 Å². The number of nitrogens with zero attached hydrogens (tertiary/aromatic N) is 1. The van der Waals surface area contributed by atoms with E-state index in [0.717, 1.165) is 23.8 Å². The number of anilines is 1. The minimum atomic E-state index is -4.56. The molecular formula is C19H17ClF3N3O2. The highest BCUT2D eigenvalue weighted by Gasteiger charge is 2.31. The monoisotopic (exact) mass is 411 g/mol. The van der Waals surface area contributed by atoms with Gasteiger partial charge in [-0.05, 0) is 30.7 Å². The van der Waals surface area contributed by atoms with Crippen LogP contribution in [0.1, 0.15) is 30.9 Å². The van der Waals surface area contributed by atoms with Gasteiger partial charge in [0.1, 0.15) is 0 Å². The fourth-order valence-corrected chi connectivity index (χ4v) is 2.35. The lowest BCUT2D eigenvalue weighted by Crippen LogP contribution is -2.22. The molecule has 28 heavy (non-hydrogen) atoms. The molecule has 0 bridgehead atoms. The van der Waals surface area contributed by atoms with E-state index in [4.69, 9.17) is 11.6 Å². The molecule has 0 radical (unpaired) electrons. The van der Waals surface area contributed by atoms with Crippen molar-refractivity contribution in [1.82, 2.24) is 5.43 Å². The van der Waals surface area contributed by atoms with Gasteiger partial charge in [-0.1, -0.05) is 41.9 Å². The summed E-state index contributed by atoms with van der Waals surface area (Å²) in [7, 11) is 0. The van der Waals surface area contributed by atoms with Crippen LogP contribution in [0.3, 0.4) is 0 Å². The van der Waals surface area contributed by atoms with Crippen LogP contribution in [0.2, 0.25) is 5.02 Å². The summed E-state index contributed by atoms with van der Waals surface area (Å²) in [6.45, 7) is 1.72. The number of nitrogens with one attached hydrogen (secondary N) is 2. The summed E-state index contributed by atoms with van der Waals surface area (Å²) in [4.78, 5) is 23.7. The Hall–Kier alpha value is -2.87. The molecule has 2 aromatic rings. The Balaban J connectivity index is 1.88. The lowest BCUT2D eigenvalue weighted by molar-refractivity contribution is -0.137. The van der Waals surface area contributed by atoms with Crippen molar-refractivity contribution >= 4 is 34.8 Å². The molecule has 0 atom stereocenters. The van der Waals surface area contributed by atoms with E-state index in [0.29, 0.717) is 5.71 Å². The second kappa shape index (κ2) is 9.36. The van der Waals surface area contributed by atoms with Crippen molar-refractivity contribution in [3.63, 3.8) is 0 Å². The minimum Gasteiger partial charge on any atom is -0.325 e. The van der Waals surface area contributed by atoms with Gasteiger partial charge in [-0.3, -0.25) is 9.59 Å². The Kier molecular flexibility index (Phi) is 7.17. The zero-order chi connectivity index (χ0) is 20.7. The van der Waals surface area contributed by atoms with Crippen molar-refractivity contribution in [3.05, 3.63) is 64.7 Å². The lowest BCUT2D eigenvalue weighted by Gasteiger charge is -2.11. The van der Waals surface area contributed by atoms with Gasteiger partial charge < -0.3 is 5.32 Å². The van der Waals surface area contributed by atoms with Crippen molar-refractivity contribution in [2.75, 3.05) is 5.32 Å². The first-order valence-corrected chi connectivity index (χ1v) is 8.60. The summed E-state index contributed by atoms with van der Waals surface area (Å²) in [6, 6.07) is 11.8. The summed E-state index contributed by atoms with van der Waals surface area (Å²) >= 11 is 5.82. The van der Waals surface area contributed by atoms with Gasteiger partial charge in [0, 0.05) is 12.8 Å². The smallest absolute Gasteiger partial charge is 0.325 e. The maximum absolute atomic E-state index is 12.7. The second-order valence-electron chi connectivity index (χ2n) is 5.84. The molecule has 0 aliphatic heterocycles. The molecule has 0 spiro atoms. The summed E-state index contributed by atoms with van der Waals surface area (Å²) in [5.74, 6) is -1.14. The van der Waals surface area contributed by atoms with Crippen molar-refractivity contribution in [2.45, 2.75) is 25.9 Å². The molecule has 0 aliphatic carbocycles. The van der Waals surface area contributed by atoms with Crippen LogP contribution < -0.4 is 10.7 Å². The van der Waals surface area contributed by atoms with Crippen LogP contribution in [0.25, 0.3) is 0 Å². The van der Waals surface area contributed by atoms with Crippen LogP contribution in [-0.2, 0) is 15.8 Å². The van der Waals surface area contributed by atoms with E-state index in [2.05, 4.69) is 15.8 Å².